The van der Waals surface area contributed by atoms with E-state index in [-0.39, 0.29) is 0 Å². The number of rotatable bonds is 4. The molecule has 1 N–H and O–H groups in total. The summed E-state index contributed by atoms with van der Waals surface area (Å²) in [7, 11) is 0. The SMILES string of the molecule is Cc1ccc(O[C@@H](C2CC2)[C@H]2CCNC2)c(Br)c1. The summed E-state index contributed by atoms with van der Waals surface area (Å²) in [5, 5.41) is 3.45. The topological polar surface area (TPSA) is 21.3 Å². The lowest BCUT2D eigenvalue weighted by atomic mass is 9.97. The Bertz CT molecular complexity index is 425. The lowest BCUT2D eigenvalue weighted by Gasteiger charge is -2.25. The van der Waals surface area contributed by atoms with Crippen molar-refractivity contribution in [3.63, 3.8) is 0 Å². The molecule has 2 nitrogen and oxygen atoms in total. The van der Waals surface area contributed by atoms with Gasteiger partial charge in [0, 0.05) is 12.5 Å². The van der Waals surface area contributed by atoms with Gasteiger partial charge in [-0.2, -0.15) is 0 Å². The number of hydrogen-bond acceptors (Lipinski definition) is 2. The molecule has 1 aliphatic heterocycles. The van der Waals surface area contributed by atoms with Gasteiger partial charge in [0.15, 0.2) is 0 Å². The van der Waals surface area contributed by atoms with Crippen LogP contribution in [0.2, 0.25) is 0 Å². The fraction of sp³-hybridized carbons (Fsp3) is 0.600. The van der Waals surface area contributed by atoms with Crippen molar-refractivity contribution in [2.45, 2.75) is 32.3 Å². The van der Waals surface area contributed by atoms with Gasteiger partial charge in [-0.05, 0) is 72.3 Å². The third-order valence-corrected chi connectivity index (χ3v) is 4.62. The van der Waals surface area contributed by atoms with Gasteiger partial charge in [0.25, 0.3) is 0 Å². The molecule has 2 aliphatic rings. The molecule has 1 aliphatic carbocycles. The molecular formula is C15H20BrNO. The van der Waals surface area contributed by atoms with E-state index in [1.807, 2.05) is 0 Å². The summed E-state index contributed by atoms with van der Waals surface area (Å²) in [6.45, 7) is 4.37. The highest BCUT2D eigenvalue weighted by Gasteiger charge is 2.39. The van der Waals surface area contributed by atoms with Crippen LogP contribution in [0.3, 0.4) is 0 Å². The van der Waals surface area contributed by atoms with Crippen molar-refractivity contribution in [3.05, 3.63) is 28.2 Å². The number of benzene rings is 1. The molecule has 1 saturated carbocycles. The lowest BCUT2D eigenvalue weighted by Crippen LogP contribution is -2.30. The van der Waals surface area contributed by atoms with Crippen LogP contribution >= 0.6 is 15.9 Å². The first-order chi connectivity index (χ1) is 8.74. The molecule has 0 amide bonds. The van der Waals surface area contributed by atoms with E-state index in [0.29, 0.717) is 12.0 Å². The van der Waals surface area contributed by atoms with E-state index in [1.54, 1.807) is 0 Å². The Morgan fingerprint density at radius 1 is 1.28 bits per heavy atom. The van der Waals surface area contributed by atoms with E-state index in [2.05, 4.69) is 46.4 Å². The average Bonchev–Trinajstić information content (AvgIpc) is 3.03. The maximum atomic E-state index is 6.32. The second-order valence-electron chi connectivity index (χ2n) is 5.61. The molecule has 0 bridgehead atoms. The summed E-state index contributed by atoms with van der Waals surface area (Å²) < 4.78 is 7.40. The van der Waals surface area contributed by atoms with Gasteiger partial charge in [0.2, 0.25) is 0 Å². The molecular weight excluding hydrogens is 290 g/mol. The first-order valence-corrected chi connectivity index (χ1v) is 7.67. The molecule has 1 saturated heterocycles. The van der Waals surface area contributed by atoms with Gasteiger partial charge in [-0.1, -0.05) is 6.07 Å². The first kappa shape index (κ1) is 12.5. The van der Waals surface area contributed by atoms with Crippen LogP contribution in [-0.4, -0.2) is 19.2 Å². The number of halogens is 1. The maximum Gasteiger partial charge on any atom is 0.133 e. The summed E-state index contributed by atoms with van der Waals surface area (Å²) in [6.07, 6.45) is 4.33. The summed E-state index contributed by atoms with van der Waals surface area (Å²) in [5.74, 6) is 2.47. The fourth-order valence-corrected chi connectivity index (χ4v) is 3.39. The van der Waals surface area contributed by atoms with E-state index in [1.165, 1.54) is 24.8 Å². The van der Waals surface area contributed by atoms with Crippen LogP contribution in [0.1, 0.15) is 24.8 Å². The Morgan fingerprint density at radius 3 is 2.72 bits per heavy atom. The van der Waals surface area contributed by atoms with Crippen molar-refractivity contribution in [2.75, 3.05) is 13.1 Å². The molecule has 0 spiro atoms. The molecule has 98 valence electrons. The van der Waals surface area contributed by atoms with Gasteiger partial charge in [0.05, 0.1) is 4.47 Å². The number of nitrogens with one attached hydrogen (secondary N) is 1. The van der Waals surface area contributed by atoms with E-state index in [4.69, 9.17) is 4.74 Å². The molecule has 18 heavy (non-hydrogen) atoms. The largest absolute Gasteiger partial charge is 0.489 e. The Morgan fingerprint density at radius 2 is 2.11 bits per heavy atom. The molecule has 1 heterocycles. The second kappa shape index (κ2) is 5.22. The Balaban J connectivity index is 1.75. The number of aryl methyl sites for hydroxylation is 1. The van der Waals surface area contributed by atoms with Gasteiger partial charge in [0.1, 0.15) is 11.9 Å². The minimum Gasteiger partial charge on any atom is -0.489 e. The Labute approximate surface area is 117 Å². The van der Waals surface area contributed by atoms with Gasteiger partial charge in [-0.15, -0.1) is 0 Å². The van der Waals surface area contributed by atoms with Crippen LogP contribution in [0.15, 0.2) is 22.7 Å². The molecule has 2 fully saturated rings. The standard InChI is InChI=1S/C15H20BrNO/c1-10-2-5-14(13(16)8-10)18-15(11-3-4-11)12-6-7-17-9-12/h2,5,8,11-12,15,17H,3-4,6-7,9H2,1H3/t12-,15-/m0/s1. The van der Waals surface area contributed by atoms with Crippen molar-refractivity contribution in [2.24, 2.45) is 11.8 Å². The van der Waals surface area contributed by atoms with E-state index >= 15 is 0 Å². The molecule has 0 unspecified atom stereocenters. The fourth-order valence-electron chi connectivity index (χ4n) is 2.81. The highest BCUT2D eigenvalue weighted by atomic mass is 79.9. The zero-order valence-corrected chi connectivity index (χ0v) is 12.4. The predicted molar refractivity (Wildman–Crippen MR) is 77.0 cm³/mol. The Hall–Kier alpha value is -0.540. The number of ether oxygens (including phenoxy) is 1. The van der Waals surface area contributed by atoms with E-state index in [9.17, 15) is 0 Å². The average molecular weight is 310 g/mol. The van der Waals surface area contributed by atoms with Gasteiger partial charge < -0.3 is 10.1 Å². The molecule has 0 radical (unpaired) electrons. The van der Waals surface area contributed by atoms with Crippen LogP contribution in [0.5, 0.6) is 5.75 Å². The zero-order valence-electron chi connectivity index (χ0n) is 10.8. The maximum absolute atomic E-state index is 6.32. The van der Waals surface area contributed by atoms with Crippen molar-refractivity contribution in [3.8, 4) is 5.75 Å². The van der Waals surface area contributed by atoms with Crippen molar-refractivity contribution >= 4 is 15.9 Å². The van der Waals surface area contributed by atoms with Gasteiger partial charge >= 0.3 is 0 Å². The minimum atomic E-state index is 0.402. The van der Waals surface area contributed by atoms with E-state index < -0.39 is 0 Å². The van der Waals surface area contributed by atoms with Crippen LogP contribution in [-0.2, 0) is 0 Å². The van der Waals surface area contributed by atoms with Crippen LogP contribution in [0, 0.1) is 18.8 Å². The van der Waals surface area contributed by atoms with Crippen LogP contribution < -0.4 is 10.1 Å². The molecule has 1 aromatic carbocycles. The summed E-state index contributed by atoms with van der Waals surface area (Å²) in [5.41, 5.74) is 1.26. The summed E-state index contributed by atoms with van der Waals surface area (Å²) in [4.78, 5) is 0. The van der Waals surface area contributed by atoms with Crippen LogP contribution in [0.4, 0.5) is 0 Å². The highest BCUT2D eigenvalue weighted by molar-refractivity contribution is 9.10. The lowest BCUT2D eigenvalue weighted by molar-refractivity contribution is 0.120. The molecule has 0 aromatic heterocycles. The van der Waals surface area contributed by atoms with Crippen molar-refractivity contribution in [1.82, 2.24) is 5.32 Å². The normalized spacial score (nSPS) is 25.1. The molecule has 3 heteroatoms. The smallest absolute Gasteiger partial charge is 0.133 e. The molecule has 1 aromatic rings. The third-order valence-electron chi connectivity index (χ3n) is 4.00. The Kier molecular flexibility index (Phi) is 3.62. The van der Waals surface area contributed by atoms with Crippen molar-refractivity contribution < 1.29 is 4.74 Å². The molecule has 2 atom stereocenters. The third kappa shape index (κ3) is 2.72. The zero-order chi connectivity index (χ0) is 12.5. The minimum absolute atomic E-state index is 0.402. The van der Waals surface area contributed by atoms with Crippen LogP contribution in [0.25, 0.3) is 0 Å². The van der Waals surface area contributed by atoms with Crippen molar-refractivity contribution in [1.29, 1.82) is 0 Å². The quantitative estimate of drug-likeness (QED) is 0.919. The number of hydrogen-bond donors (Lipinski definition) is 1. The predicted octanol–water partition coefficient (Wildman–Crippen LogP) is 3.52. The highest BCUT2D eigenvalue weighted by Crippen LogP contribution is 2.41. The summed E-state index contributed by atoms with van der Waals surface area (Å²) in [6, 6.07) is 6.35. The van der Waals surface area contributed by atoms with Gasteiger partial charge in [-0.25, -0.2) is 0 Å². The first-order valence-electron chi connectivity index (χ1n) is 6.87. The second-order valence-corrected chi connectivity index (χ2v) is 6.46. The molecule has 3 rings (SSSR count). The van der Waals surface area contributed by atoms with Gasteiger partial charge in [-0.3, -0.25) is 0 Å². The van der Waals surface area contributed by atoms with E-state index in [0.717, 1.165) is 29.2 Å². The monoisotopic (exact) mass is 309 g/mol. The summed E-state index contributed by atoms with van der Waals surface area (Å²) >= 11 is 3.61.